The highest BCUT2D eigenvalue weighted by Crippen LogP contribution is 2.37. The van der Waals surface area contributed by atoms with Crippen molar-refractivity contribution in [3.63, 3.8) is 0 Å². The Morgan fingerprint density at radius 3 is 1.52 bits per heavy atom. The molecule has 0 bridgehead atoms. The average molecular weight is 296 g/mol. The number of allylic oxidation sites excluding steroid dienone is 1. The maximum Gasteiger partial charge on any atom is 0.319 e. The molecule has 110 valence electrons. The fourth-order valence-corrected chi connectivity index (χ4v) is 7.36. The molecule has 0 unspecified atom stereocenters. The number of rotatable bonds is 4. The molecule has 0 N–H and O–H groups in total. The van der Waals surface area contributed by atoms with Gasteiger partial charge in [0.1, 0.15) is 0 Å². The second-order valence-corrected chi connectivity index (χ2v) is 10.7. The second-order valence-electron chi connectivity index (χ2n) is 6.47. The number of hydrogen-bond acceptors (Lipinski definition) is 1. The number of hydrogen-bond donors (Lipinski definition) is 0. The Bertz CT molecular complexity index is 557. The third kappa shape index (κ3) is 2.95. The van der Waals surface area contributed by atoms with Crippen LogP contribution in [0.5, 0.6) is 0 Å². The summed E-state index contributed by atoms with van der Waals surface area (Å²) in [6, 6.07) is 21.2. The minimum atomic E-state index is -2.41. The van der Waals surface area contributed by atoms with Crippen LogP contribution in [0.3, 0.4) is 0 Å². The summed E-state index contributed by atoms with van der Waals surface area (Å²) in [5.41, 5.74) is 0. The van der Waals surface area contributed by atoms with Gasteiger partial charge in [-0.1, -0.05) is 88.0 Å². The first-order valence-corrected chi connectivity index (χ1v) is 9.24. The van der Waals surface area contributed by atoms with Gasteiger partial charge in [-0.2, -0.15) is 0 Å². The predicted molar refractivity (Wildman–Crippen MR) is 93.5 cm³/mol. The quantitative estimate of drug-likeness (QED) is 0.610. The molecule has 0 aromatic heterocycles. The van der Waals surface area contributed by atoms with Gasteiger partial charge in [-0.3, -0.25) is 0 Å². The van der Waals surface area contributed by atoms with Gasteiger partial charge < -0.3 is 4.43 Å². The van der Waals surface area contributed by atoms with Gasteiger partial charge in [-0.05, 0) is 22.3 Å². The minimum absolute atomic E-state index is 0.00859. The first-order valence-electron chi connectivity index (χ1n) is 7.33. The maximum absolute atomic E-state index is 6.52. The molecule has 2 rings (SSSR count). The SMILES string of the molecule is C=C(C)O[Si](c1ccccc1)(c1ccccc1)C(C)(C)C. The molecular formula is C19H24OSi. The molecule has 21 heavy (non-hydrogen) atoms. The molecule has 0 fully saturated rings. The van der Waals surface area contributed by atoms with E-state index in [2.05, 4.69) is 88.0 Å². The van der Waals surface area contributed by atoms with Crippen LogP contribution < -0.4 is 10.4 Å². The zero-order valence-corrected chi connectivity index (χ0v) is 14.4. The Kier molecular flexibility index (Phi) is 4.38. The molecular weight excluding hydrogens is 272 g/mol. The van der Waals surface area contributed by atoms with Gasteiger partial charge in [-0.15, -0.1) is 0 Å². The third-order valence-electron chi connectivity index (χ3n) is 3.74. The van der Waals surface area contributed by atoms with Gasteiger partial charge >= 0.3 is 8.32 Å². The molecule has 0 heterocycles. The predicted octanol–water partition coefficient (Wildman–Crippen LogP) is 4.10. The van der Waals surface area contributed by atoms with Gasteiger partial charge in [0.25, 0.3) is 0 Å². The normalized spacial score (nSPS) is 12.0. The topological polar surface area (TPSA) is 9.23 Å². The Balaban J connectivity index is 2.75. The van der Waals surface area contributed by atoms with Crippen LogP contribution in [0.1, 0.15) is 27.7 Å². The highest BCUT2D eigenvalue weighted by atomic mass is 28.4. The standard InChI is InChI=1S/C19H24OSi/c1-16(2)20-21(19(3,4)5,17-12-8-6-9-13-17)18-14-10-7-11-15-18/h6-15H,1H2,2-5H3. The first kappa shape index (κ1) is 15.6. The van der Waals surface area contributed by atoms with E-state index in [0.717, 1.165) is 5.76 Å². The molecule has 2 aromatic carbocycles. The molecule has 2 heteroatoms. The third-order valence-corrected chi connectivity index (χ3v) is 8.80. The summed E-state index contributed by atoms with van der Waals surface area (Å²) in [7, 11) is -2.41. The van der Waals surface area contributed by atoms with Crippen molar-refractivity contribution in [3.05, 3.63) is 73.0 Å². The summed E-state index contributed by atoms with van der Waals surface area (Å²) in [4.78, 5) is 0. The van der Waals surface area contributed by atoms with E-state index in [1.54, 1.807) is 0 Å². The van der Waals surface area contributed by atoms with E-state index >= 15 is 0 Å². The van der Waals surface area contributed by atoms with E-state index in [9.17, 15) is 0 Å². The lowest BCUT2D eigenvalue weighted by Gasteiger charge is -2.43. The first-order chi connectivity index (χ1) is 9.88. The van der Waals surface area contributed by atoms with Crippen molar-refractivity contribution in [2.45, 2.75) is 32.7 Å². The van der Waals surface area contributed by atoms with Crippen molar-refractivity contribution in [1.82, 2.24) is 0 Å². The van der Waals surface area contributed by atoms with E-state index in [-0.39, 0.29) is 5.04 Å². The average Bonchev–Trinajstić information content (AvgIpc) is 2.45. The fraction of sp³-hybridized carbons (Fsp3) is 0.263. The highest BCUT2D eigenvalue weighted by molar-refractivity contribution is 6.99. The van der Waals surface area contributed by atoms with Gasteiger partial charge in [0.2, 0.25) is 0 Å². The van der Waals surface area contributed by atoms with Crippen LogP contribution in [0.15, 0.2) is 73.0 Å². The molecule has 0 saturated heterocycles. The zero-order valence-electron chi connectivity index (χ0n) is 13.4. The van der Waals surface area contributed by atoms with Crippen LogP contribution in [-0.4, -0.2) is 8.32 Å². The van der Waals surface area contributed by atoms with E-state index < -0.39 is 8.32 Å². The Labute approximate surface area is 129 Å². The van der Waals surface area contributed by atoms with Crippen LogP contribution in [-0.2, 0) is 4.43 Å². The highest BCUT2D eigenvalue weighted by Gasteiger charge is 2.51. The Hall–Kier alpha value is -1.80. The number of benzene rings is 2. The molecule has 2 aromatic rings. The molecule has 0 saturated carbocycles. The van der Waals surface area contributed by atoms with Crippen LogP contribution in [0, 0.1) is 0 Å². The van der Waals surface area contributed by atoms with Crippen LogP contribution in [0.4, 0.5) is 0 Å². The lowest BCUT2D eigenvalue weighted by atomic mass is 10.2. The lowest BCUT2D eigenvalue weighted by molar-refractivity contribution is 0.401. The Morgan fingerprint density at radius 1 is 0.857 bits per heavy atom. The summed E-state index contributed by atoms with van der Waals surface area (Å²) in [6.07, 6.45) is 0. The summed E-state index contributed by atoms with van der Waals surface area (Å²) in [5, 5.41) is 2.58. The van der Waals surface area contributed by atoms with Crippen molar-refractivity contribution in [2.75, 3.05) is 0 Å². The maximum atomic E-state index is 6.52. The zero-order chi connectivity index (χ0) is 15.5. The molecule has 0 spiro atoms. The van der Waals surface area contributed by atoms with Gasteiger partial charge in [0.05, 0.1) is 5.76 Å². The monoisotopic (exact) mass is 296 g/mol. The van der Waals surface area contributed by atoms with Gasteiger partial charge in [0, 0.05) is 0 Å². The summed E-state index contributed by atoms with van der Waals surface area (Å²) in [6.45, 7) is 12.8. The second kappa shape index (κ2) is 5.90. The minimum Gasteiger partial charge on any atom is -0.538 e. The largest absolute Gasteiger partial charge is 0.538 e. The van der Waals surface area contributed by atoms with E-state index in [0.29, 0.717) is 0 Å². The fourth-order valence-electron chi connectivity index (χ4n) is 2.91. The molecule has 1 nitrogen and oxygen atoms in total. The smallest absolute Gasteiger partial charge is 0.319 e. The Morgan fingerprint density at radius 2 is 1.24 bits per heavy atom. The molecule has 0 atom stereocenters. The van der Waals surface area contributed by atoms with Crippen molar-refractivity contribution in [3.8, 4) is 0 Å². The lowest BCUT2D eigenvalue weighted by Crippen LogP contribution is -2.66. The van der Waals surface area contributed by atoms with E-state index in [1.165, 1.54) is 10.4 Å². The van der Waals surface area contributed by atoms with E-state index in [1.807, 2.05) is 6.92 Å². The molecule has 0 aliphatic carbocycles. The van der Waals surface area contributed by atoms with Crippen LogP contribution in [0.25, 0.3) is 0 Å². The van der Waals surface area contributed by atoms with Gasteiger partial charge in [-0.25, -0.2) is 0 Å². The van der Waals surface area contributed by atoms with Crippen LogP contribution in [0.2, 0.25) is 5.04 Å². The molecule has 0 amide bonds. The summed E-state index contributed by atoms with van der Waals surface area (Å²) in [5.74, 6) is 0.782. The molecule has 0 aliphatic heterocycles. The van der Waals surface area contributed by atoms with Crippen molar-refractivity contribution in [1.29, 1.82) is 0 Å². The van der Waals surface area contributed by atoms with Crippen molar-refractivity contribution >= 4 is 18.7 Å². The molecule has 0 aliphatic rings. The van der Waals surface area contributed by atoms with Gasteiger partial charge in [0.15, 0.2) is 0 Å². The van der Waals surface area contributed by atoms with E-state index in [4.69, 9.17) is 4.43 Å². The molecule has 0 radical (unpaired) electrons. The summed E-state index contributed by atoms with van der Waals surface area (Å²) < 4.78 is 6.52. The van der Waals surface area contributed by atoms with Crippen LogP contribution >= 0.6 is 0 Å². The van der Waals surface area contributed by atoms with Crippen molar-refractivity contribution < 1.29 is 4.43 Å². The van der Waals surface area contributed by atoms with Crippen molar-refractivity contribution in [2.24, 2.45) is 0 Å². The summed E-state index contributed by atoms with van der Waals surface area (Å²) >= 11 is 0.